The molecule has 1 atom stereocenters. The lowest BCUT2D eigenvalue weighted by Gasteiger charge is -2.26. The van der Waals surface area contributed by atoms with Crippen LogP contribution in [0.15, 0.2) is 65.6 Å². The number of nitrogens with zero attached hydrogens (tertiary/aromatic N) is 1. The van der Waals surface area contributed by atoms with Gasteiger partial charge in [-0.15, -0.1) is 11.3 Å². The SMILES string of the molecule is COc1ccccc1/C(O)=C1/C(=O)C(=O)N(c2ccc(C)cc2C)C1c1cccs1. The summed E-state index contributed by atoms with van der Waals surface area (Å²) in [6.07, 6.45) is 0. The van der Waals surface area contributed by atoms with Crippen LogP contribution in [0.4, 0.5) is 5.69 Å². The predicted octanol–water partition coefficient (Wildman–Crippen LogP) is 5.00. The number of carbonyl (C=O) groups excluding carboxylic acids is 2. The van der Waals surface area contributed by atoms with Crippen LogP contribution in [0.5, 0.6) is 5.75 Å². The van der Waals surface area contributed by atoms with E-state index in [0.29, 0.717) is 17.0 Å². The number of aliphatic hydroxyl groups excluding tert-OH is 1. The van der Waals surface area contributed by atoms with Gasteiger partial charge in [-0.25, -0.2) is 0 Å². The number of hydrogen-bond acceptors (Lipinski definition) is 5. The molecule has 1 unspecified atom stereocenters. The molecule has 5 nitrogen and oxygen atoms in total. The van der Waals surface area contributed by atoms with Crippen molar-refractivity contribution in [1.29, 1.82) is 0 Å². The van der Waals surface area contributed by atoms with Gasteiger partial charge in [-0.1, -0.05) is 35.9 Å². The number of ether oxygens (including phenoxy) is 1. The number of rotatable bonds is 4. The molecule has 1 amide bonds. The van der Waals surface area contributed by atoms with E-state index in [1.165, 1.54) is 23.3 Å². The Morgan fingerprint density at radius 2 is 1.83 bits per heavy atom. The van der Waals surface area contributed by atoms with Crippen molar-refractivity contribution < 1.29 is 19.4 Å². The molecule has 1 aromatic heterocycles. The minimum Gasteiger partial charge on any atom is -0.507 e. The third-order valence-electron chi connectivity index (χ3n) is 5.23. The van der Waals surface area contributed by atoms with E-state index in [1.807, 2.05) is 49.6 Å². The number of hydrogen-bond donors (Lipinski definition) is 1. The Hall–Kier alpha value is -3.38. The highest BCUT2D eigenvalue weighted by Crippen LogP contribution is 2.45. The number of Topliss-reactive ketones (excluding diaryl/α,β-unsaturated/α-hetero) is 1. The predicted molar refractivity (Wildman–Crippen MR) is 118 cm³/mol. The van der Waals surface area contributed by atoms with Crippen LogP contribution in [0.25, 0.3) is 5.76 Å². The van der Waals surface area contributed by atoms with Crippen molar-refractivity contribution in [3.63, 3.8) is 0 Å². The summed E-state index contributed by atoms with van der Waals surface area (Å²) < 4.78 is 5.36. The molecule has 30 heavy (non-hydrogen) atoms. The molecular formula is C24H21NO4S. The Kier molecular flexibility index (Phi) is 5.18. The second kappa shape index (κ2) is 7.80. The number of para-hydroxylation sites is 1. The van der Waals surface area contributed by atoms with Crippen LogP contribution in [0, 0.1) is 13.8 Å². The summed E-state index contributed by atoms with van der Waals surface area (Å²) in [5.41, 5.74) is 3.04. The highest BCUT2D eigenvalue weighted by molar-refractivity contribution is 7.10. The van der Waals surface area contributed by atoms with E-state index in [1.54, 1.807) is 24.3 Å². The van der Waals surface area contributed by atoms with Crippen molar-refractivity contribution in [2.24, 2.45) is 0 Å². The van der Waals surface area contributed by atoms with Crippen LogP contribution in [-0.4, -0.2) is 23.9 Å². The number of carbonyl (C=O) groups is 2. The molecule has 0 radical (unpaired) electrons. The maximum absolute atomic E-state index is 13.2. The van der Waals surface area contributed by atoms with E-state index in [4.69, 9.17) is 4.74 Å². The van der Waals surface area contributed by atoms with Gasteiger partial charge in [-0.2, -0.15) is 0 Å². The lowest BCUT2D eigenvalue weighted by atomic mass is 9.99. The summed E-state index contributed by atoms with van der Waals surface area (Å²) in [6, 6.07) is 15.7. The van der Waals surface area contributed by atoms with E-state index in [0.717, 1.165) is 16.0 Å². The van der Waals surface area contributed by atoms with Gasteiger partial charge in [0.2, 0.25) is 0 Å². The van der Waals surface area contributed by atoms with Crippen molar-refractivity contribution in [2.45, 2.75) is 19.9 Å². The van der Waals surface area contributed by atoms with Crippen LogP contribution in [0.2, 0.25) is 0 Å². The first-order valence-corrected chi connectivity index (χ1v) is 10.4. The Morgan fingerprint density at radius 1 is 1.07 bits per heavy atom. The third-order valence-corrected chi connectivity index (χ3v) is 6.16. The van der Waals surface area contributed by atoms with Gasteiger partial charge >= 0.3 is 0 Å². The van der Waals surface area contributed by atoms with Gasteiger partial charge in [0.25, 0.3) is 11.7 Å². The Balaban J connectivity index is 1.97. The highest BCUT2D eigenvalue weighted by Gasteiger charge is 2.48. The number of benzene rings is 2. The van der Waals surface area contributed by atoms with E-state index in [-0.39, 0.29) is 11.3 Å². The Morgan fingerprint density at radius 3 is 2.50 bits per heavy atom. The molecule has 4 rings (SSSR count). The molecular weight excluding hydrogens is 398 g/mol. The zero-order chi connectivity index (χ0) is 21.4. The monoisotopic (exact) mass is 419 g/mol. The van der Waals surface area contributed by atoms with Crippen molar-refractivity contribution >= 4 is 34.5 Å². The molecule has 1 N–H and O–H groups in total. The van der Waals surface area contributed by atoms with Crippen LogP contribution in [0.1, 0.15) is 27.6 Å². The van der Waals surface area contributed by atoms with Gasteiger partial charge < -0.3 is 9.84 Å². The molecule has 152 valence electrons. The van der Waals surface area contributed by atoms with Crippen molar-refractivity contribution in [2.75, 3.05) is 12.0 Å². The summed E-state index contributed by atoms with van der Waals surface area (Å²) in [6.45, 7) is 3.89. The second-order valence-corrected chi connectivity index (χ2v) is 8.15. The molecule has 6 heteroatoms. The average molecular weight is 420 g/mol. The minimum absolute atomic E-state index is 0.0620. The molecule has 0 bridgehead atoms. The van der Waals surface area contributed by atoms with Gasteiger partial charge in [0.05, 0.1) is 18.2 Å². The first-order chi connectivity index (χ1) is 14.4. The first kappa shape index (κ1) is 19.9. The topological polar surface area (TPSA) is 66.8 Å². The third kappa shape index (κ3) is 3.19. The fourth-order valence-corrected chi connectivity index (χ4v) is 4.68. The Labute approximate surface area is 178 Å². The molecule has 0 spiro atoms. The lowest BCUT2D eigenvalue weighted by Crippen LogP contribution is -2.29. The van der Waals surface area contributed by atoms with Crippen LogP contribution < -0.4 is 9.64 Å². The molecule has 1 aliphatic rings. The molecule has 2 heterocycles. The average Bonchev–Trinajstić information content (AvgIpc) is 3.35. The number of ketones is 1. The summed E-state index contributed by atoms with van der Waals surface area (Å²) in [7, 11) is 1.50. The van der Waals surface area contributed by atoms with Crippen molar-refractivity contribution in [3.8, 4) is 5.75 Å². The standard InChI is InChI=1S/C24H21NO4S/c1-14-10-11-17(15(2)13-14)25-21(19-9-6-12-30-19)20(23(27)24(25)28)22(26)16-7-4-5-8-18(16)29-3/h4-13,21,26H,1-3H3/b22-20-. The number of thiophene rings is 1. The van der Waals surface area contributed by atoms with Gasteiger partial charge in [0.15, 0.2) is 0 Å². The largest absolute Gasteiger partial charge is 0.507 e. The van der Waals surface area contributed by atoms with E-state index < -0.39 is 17.7 Å². The van der Waals surface area contributed by atoms with E-state index in [9.17, 15) is 14.7 Å². The molecule has 1 fully saturated rings. The minimum atomic E-state index is -0.712. The fraction of sp³-hybridized carbons (Fsp3) is 0.167. The molecule has 0 saturated carbocycles. The van der Waals surface area contributed by atoms with Crippen LogP contribution >= 0.6 is 11.3 Å². The molecule has 1 saturated heterocycles. The van der Waals surface area contributed by atoms with Crippen molar-refractivity contribution in [1.82, 2.24) is 0 Å². The number of aryl methyl sites for hydroxylation is 2. The van der Waals surface area contributed by atoms with Crippen LogP contribution in [0.3, 0.4) is 0 Å². The van der Waals surface area contributed by atoms with Gasteiger partial charge in [-0.3, -0.25) is 14.5 Å². The highest BCUT2D eigenvalue weighted by atomic mass is 32.1. The summed E-state index contributed by atoms with van der Waals surface area (Å²) >= 11 is 1.44. The molecule has 2 aromatic carbocycles. The van der Waals surface area contributed by atoms with Gasteiger partial charge in [0, 0.05) is 10.6 Å². The van der Waals surface area contributed by atoms with Crippen LogP contribution in [-0.2, 0) is 9.59 Å². The molecule has 1 aliphatic heterocycles. The number of methoxy groups -OCH3 is 1. The smallest absolute Gasteiger partial charge is 0.300 e. The summed E-state index contributed by atoms with van der Waals surface area (Å²) in [5, 5.41) is 13.1. The van der Waals surface area contributed by atoms with E-state index >= 15 is 0 Å². The summed E-state index contributed by atoms with van der Waals surface area (Å²) in [4.78, 5) is 28.6. The molecule has 0 aliphatic carbocycles. The second-order valence-electron chi connectivity index (χ2n) is 7.17. The zero-order valence-electron chi connectivity index (χ0n) is 16.9. The molecule has 3 aromatic rings. The quantitative estimate of drug-likeness (QED) is 0.367. The zero-order valence-corrected chi connectivity index (χ0v) is 17.7. The van der Waals surface area contributed by atoms with Crippen molar-refractivity contribution in [3.05, 3.63) is 87.1 Å². The normalized spacial score (nSPS) is 18.1. The number of amides is 1. The number of aliphatic hydroxyl groups is 1. The van der Waals surface area contributed by atoms with Gasteiger partial charge in [0.1, 0.15) is 17.6 Å². The maximum Gasteiger partial charge on any atom is 0.300 e. The van der Waals surface area contributed by atoms with Gasteiger partial charge in [-0.05, 0) is 49.1 Å². The summed E-state index contributed by atoms with van der Waals surface area (Å²) in [5.74, 6) is -1.18. The number of anilines is 1. The Bertz CT molecular complexity index is 1160. The first-order valence-electron chi connectivity index (χ1n) is 9.49. The maximum atomic E-state index is 13.2. The fourth-order valence-electron chi connectivity index (χ4n) is 3.86. The lowest BCUT2D eigenvalue weighted by molar-refractivity contribution is -0.132. The van der Waals surface area contributed by atoms with E-state index in [2.05, 4.69) is 0 Å².